The number of amides is 2. The van der Waals surface area contributed by atoms with Crippen LogP contribution in [0, 0.1) is 9.49 Å². The van der Waals surface area contributed by atoms with Crippen molar-refractivity contribution in [1.29, 1.82) is 0 Å². The highest BCUT2D eigenvalue weighted by atomic mass is 127. The van der Waals surface area contributed by atoms with Crippen LogP contribution in [0.25, 0.3) is 0 Å². The molecule has 1 aromatic carbocycles. The molecule has 0 heterocycles. The van der Waals surface area contributed by atoms with Gasteiger partial charge in [-0.15, -0.1) is 0 Å². The van der Waals surface area contributed by atoms with Crippen LogP contribution in [-0.2, 0) is 20.9 Å². The number of carbonyl (C=O) groups is 2. The van der Waals surface area contributed by atoms with Gasteiger partial charge in [-0.25, -0.2) is 0 Å². The second-order valence-corrected chi connectivity index (χ2v) is 9.74. The van der Waals surface area contributed by atoms with Gasteiger partial charge in [0.1, 0.15) is 12.2 Å². The third-order valence-electron chi connectivity index (χ3n) is 6.09. The first-order chi connectivity index (χ1) is 16.8. The molecule has 1 fully saturated rings. The molecule has 0 aromatic heterocycles. The molecule has 2 aliphatic rings. The number of carbonyl (C=O) groups excluding carboxylic acids is 2. The Labute approximate surface area is 218 Å². The predicted molar refractivity (Wildman–Crippen MR) is 135 cm³/mol. The van der Waals surface area contributed by atoms with E-state index < -0.39 is 24.2 Å². The SMILES string of the molecule is COCCN(C(=O)C1CC1)[C@@H]1CC(C(=O)NCCO)=C[C@H](Oc2c(I)cc(CO)cc2OC)[C@H]1O. The Morgan fingerprint density at radius 2 is 1.97 bits per heavy atom. The average molecular weight is 604 g/mol. The lowest BCUT2D eigenvalue weighted by molar-refractivity contribution is -0.140. The van der Waals surface area contributed by atoms with Crippen LogP contribution >= 0.6 is 22.6 Å². The molecule has 0 spiro atoms. The molecule has 10 nitrogen and oxygen atoms in total. The molecule has 0 unspecified atom stereocenters. The average Bonchev–Trinajstić information content (AvgIpc) is 3.70. The zero-order valence-electron chi connectivity index (χ0n) is 19.9. The van der Waals surface area contributed by atoms with Crippen molar-refractivity contribution in [2.45, 2.75) is 44.1 Å². The van der Waals surface area contributed by atoms with Crippen LogP contribution in [0.2, 0.25) is 0 Å². The van der Waals surface area contributed by atoms with E-state index in [-0.39, 0.29) is 51.2 Å². The van der Waals surface area contributed by atoms with E-state index in [0.717, 1.165) is 12.8 Å². The van der Waals surface area contributed by atoms with Crippen LogP contribution in [0.3, 0.4) is 0 Å². The molecule has 35 heavy (non-hydrogen) atoms. The van der Waals surface area contributed by atoms with Crippen LogP contribution in [0.5, 0.6) is 11.5 Å². The van der Waals surface area contributed by atoms with E-state index in [1.165, 1.54) is 7.11 Å². The summed E-state index contributed by atoms with van der Waals surface area (Å²) in [6.07, 6.45) is 1.22. The van der Waals surface area contributed by atoms with Gasteiger partial charge in [0.2, 0.25) is 11.8 Å². The summed E-state index contributed by atoms with van der Waals surface area (Å²) >= 11 is 2.06. The van der Waals surface area contributed by atoms with Crippen LogP contribution in [0.4, 0.5) is 0 Å². The van der Waals surface area contributed by atoms with Crippen molar-refractivity contribution in [1.82, 2.24) is 10.2 Å². The molecule has 0 saturated heterocycles. The number of rotatable bonds is 12. The molecule has 194 valence electrons. The van der Waals surface area contributed by atoms with Gasteiger partial charge in [0.25, 0.3) is 0 Å². The fourth-order valence-electron chi connectivity index (χ4n) is 4.09. The lowest BCUT2D eigenvalue weighted by Crippen LogP contribution is -2.56. The number of benzene rings is 1. The zero-order chi connectivity index (χ0) is 25.5. The number of nitrogens with one attached hydrogen (secondary N) is 1. The van der Waals surface area contributed by atoms with Crippen LogP contribution in [0.15, 0.2) is 23.8 Å². The quantitative estimate of drug-likeness (QED) is 0.255. The van der Waals surface area contributed by atoms with E-state index in [1.807, 2.05) is 0 Å². The normalized spacial score (nSPS) is 21.8. The van der Waals surface area contributed by atoms with E-state index in [0.29, 0.717) is 26.2 Å². The van der Waals surface area contributed by atoms with Crippen LogP contribution in [0.1, 0.15) is 24.8 Å². The van der Waals surface area contributed by atoms with Gasteiger partial charge in [-0.2, -0.15) is 0 Å². The maximum Gasteiger partial charge on any atom is 0.247 e. The van der Waals surface area contributed by atoms with Crippen molar-refractivity contribution in [2.75, 3.05) is 40.5 Å². The maximum absolute atomic E-state index is 13.1. The van der Waals surface area contributed by atoms with E-state index in [1.54, 1.807) is 30.2 Å². The summed E-state index contributed by atoms with van der Waals surface area (Å²) in [5.74, 6) is 0.190. The van der Waals surface area contributed by atoms with Crippen molar-refractivity contribution in [3.63, 3.8) is 0 Å². The predicted octanol–water partition coefficient (Wildman–Crippen LogP) is 0.593. The molecule has 2 amide bonds. The fourth-order valence-corrected chi connectivity index (χ4v) is 4.88. The Hall–Kier alpha value is -1.93. The fraction of sp³-hybridized carbons (Fsp3) is 0.583. The molecule has 4 N–H and O–H groups in total. The summed E-state index contributed by atoms with van der Waals surface area (Å²) in [4.78, 5) is 27.5. The van der Waals surface area contributed by atoms with E-state index >= 15 is 0 Å². The first-order valence-corrected chi connectivity index (χ1v) is 12.6. The minimum absolute atomic E-state index is 0.0682. The highest BCUT2D eigenvalue weighted by Gasteiger charge is 2.44. The van der Waals surface area contributed by atoms with Crippen molar-refractivity contribution >= 4 is 34.4 Å². The largest absolute Gasteiger partial charge is 0.493 e. The summed E-state index contributed by atoms with van der Waals surface area (Å²) in [6, 6.07) is 2.68. The van der Waals surface area contributed by atoms with Crippen LogP contribution < -0.4 is 14.8 Å². The molecule has 0 aliphatic heterocycles. The van der Waals surface area contributed by atoms with Crippen molar-refractivity contribution < 1.29 is 39.1 Å². The van der Waals surface area contributed by atoms with Gasteiger partial charge in [-0.05, 0) is 59.2 Å². The summed E-state index contributed by atoms with van der Waals surface area (Å²) in [5.41, 5.74) is 0.992. The number of hydrogen-bond acceptors (Lipinski definition) is 8. The number of methoxy groups -OCH3 is 2. The lowest BCUT2D eigenvalue weighted by Gasteiger charge is -2.40. The first kappa shape index (κ1) is 27.7. The molecular formula is C24H33IN2O8. The van der Waals surface area contributed by atoms with Gasteiger partial charge in [0, 0.05) is 38.1 Å². The third-order valence-corrected chi connectivity index (χ3v) is 6.89. The lowest BCUT2D eigenvalue weighted by atomic mass is 9.88. The van der Waals surface area contributed by atoms with Crippen molar-refractivity contribution in [3.05, 3.63) is 32.9 Å². The first-order valence-electron chi connectivity index (χ1n) is 11.6. The highest BCUT2D eigenvalue weighted by Crippen LogP contribution is 2.38. The second kappa shape index (κ2) is 12.9. The van der Waals surface area contributed by atoms with Gasteiger partial charge >= 0.3 is 0 Å². The number of halogens is 1. The minimum Gasteiger partial charge on any atom is -0.493 e. The van der Waals surface area contributed by atoms with Gasteiger partial charge in [0.15, 0.2) is 11.5 Å². The topological polar surface area (TPSA) is 138 Å². The molecule has 0 bridgehead atoms. The van der Waals surface area contributed by atoms with Gasteiger partial charge < -0.3 is 39.7 Å². The molecule has 3 rings (SSSR count). The molecule has 1 aromatic rings. The number of ether oxygens (including phenoxy) is 3. The van der Waals surface area contributed by atoms with Gasteiger partial charge in [0.05, 0.1) is 36.5 Å². The van der Waals surface area contributed by atoms with Gasteiger partial charge in [-0.1, -0.05) is 0 Å². The smallest absolute Gasteiger partial charge is 0.247 e. The monoisotopic (exact) mass is 604 g/mol. The Morgan fingerprint density at radius 3 is 2.57 bits per heavy atom. The zero-order valence-corrected chi connectivity index (χ0v) is 22.1. The third kappa shape index (κ3) is 6.85. The van der Waals surface area contributed by atoms with Crippen LogP contribution in [-0.4, -0.2) is 90.8 Å². The number of aliphatic hydroxyl groups excluding tert-OH is 3. The number of hydrogen-bond donors (Lipinski definition) is 4. The molecule has 3 atom stereocenters. The minimum atomic E-state index is -1.12. The Balaban J connectivity index is 1.96. The molecular weight excluding hydrogens is 571 g/mol. The van der Waals surface area contributed by atoms with E-state index in [9.17, 15) is 19.8 Å². The van der Waals surface area contributed by atoms with E-state index in [4.69, 9.17) is 19.3 Å². The standard InChI is InChI=1S/C24H33IN2O8/c1-33-8-6-27(24(32)15-3-4-15)18-11-16(23(31)26-5-7-28)12-19(21(18)30)35-22-17(25)9-14(13-29)10-20(22)34-2/h9-10,12,15,18-19,21,28-30H,3-8,11,13H2,1-2H3,(H,26,31)/t18-,19+,21+/m1/s1. The van der Waals surface area contributed by atoms with Crippen molar-refractivity contribution in [2.24, 2.45) is 5.92 Å². The summed E-state index contributed by atoms with van der Waals surface area (Å²) in [5, 5.41) is 32.6. The summed E-state index contributed by atoms with van der Waals surface area (Å²) < 4.78 is 17.5. The van der Waals surface area contributed by atoms with Gasteiger partial charge in [-0.3, -0.25) is 9.59 Å². The highest BCUT2D eigenvalue weighted by molar-refractivity contribution is 14.1. The molecule has 0 radical (unpaired) electrons. The Bertz CT molecular complexity index is 936. The molecule has 2 aliphatic carbocycles. The Kier molecular flexibility index (Phi) is 10.2. The second-order valence-electron chi connectivity index (χ2n) is 8.58. The Morgan fingerprint density at radius 1 is 1.23 bits per heavy atom. The number of nitrogens with zero attached hydrogens (tertiary/aromatic N) is 1. The van der Waals surface area contributed by atoms with E-state index in [2.05, 4.69) is 27.9 Å². The molecule has 1 saturated carbocycles. The molecule has 11 heteroatoms. The maximum atomic E-state index is 13.1. The summed E-state index contributed by atoms with van der Waals surface area (Å²) in [6.45, 7) is 0.262. The number of aliphatic hydroxyl groups is 3. The van der Waals surface area contributed by atoms with Crippen molar-refractivity contribution in [3.8, 4) is 11.5 Å². The summed E-state index contributed by atoms with van der Waals surface area (Å²) in [7, 11) is 3.02.